The standard InChI is InChI=1S/C20H22ClN3/c1-15-18(20(21)24(2)23-15)14-22-19(17-11-7-4-8-12-17)13-16-9-5-3-6-10-16/h3-12,19,22H,13-14H2,1-2H3. The lowest BCUT2D eigenvalue weighted by atomic mass is 9.98. The van der Waals surface area contributed by atoms with Crippen molar-refractivity contribution in [3.63, 3.8) is 0 Å². The highest BCUT2D eigenvalue weighted by Crippen LogP contribution is 2.22. The zero-order valence-corrected chi connectivity index (χ0v) is 14.8. The van der Waals surface area contributed by atoms with Crippen molar-refractivity contribution in [1.29, 1.82) is 0 Å². The molecule has 0 fully saturated rings. The molecule has 4 heteroatoms. The molecule has 1 aromatic heterocycles. The minimum atomic E-state index is 0.226. The van der Waals surface area contributed by atoms with Crippen LogP contribution in [0.2, 0.25) is 5.15 Å². The van der Waals surface area contributed by atoms with Crippen molar-refractivity contribution in [3.8, 4) is 0 Å². The number of rotatable bonds is 6. The molecule has 124 valence electrons. The van der Waals surface area contributed by atoms with E-state index in [1.165, 1.54) is 11.1 Å². The van der Waals surface area contributed by atoms with Gasteiger partial charge in [-0.05, 0) is 24.5 Å². The van der Waals surface area contributed by atoms with Gasteiger partial charge in [0, 0.05) is 25.2 Å². The number of aryl methyl sites for hydroxylation is 2. The number of halogens is 1. The van der Waals surface area contributed by atoms with Crippen LogP contribution in [-0.4, -0.2) is 9.78 Å². The minimum absolute atomic E-state index is 0.226. The highest BCUT2D eigenvalue weighted by molar-refractivity contribution is 6.30. The molecule has 3 nitrogen and oxygen atoms in total. The van der Waals surface area contributed by atoms with Crippen LogP contribution in [0.25, 0.3) is 0 Å². The van der Waals surface area contributed by atoms with Crippen molar-refractivity contribution in [1.82, 2.24) is 15.1 Å². The van der Waals surface area contributed by atoms with E-state index >= 15 is 0 Å². The molecule has 2 aromatic carbocycles. The summed E-state index contributed by atoms with van der Waals surface area (Å²) in [6.07, 6.45) is 0.932. The Kier molecular flexibility index (Phi) is 5.34. The number of benzene rings is 2. The monoisotopic (exact) mass is 339 g/mol. The van der Waals surface area contributed by atoms with Gasteiger partial charge < -0.3 is 5.32 Å². The fourth-order valence-electron chi connectivity index (χ4n) is 2.94. The van der Waals surface area contributed by atoms with Crippen LogP contribution in [0.3, 0.4) is 0 Å². The molecule has 0 aliphatic heterocycles. The summed E-state index contributed by atoms with van der Waals surface area (Å²) in [7, 11) is 1.87. The van der Waals surface area contributed by atoms with Crippen LogP contribution in [0.15, 0.2) is 60.7 Å². The van der Waals surface area contributed by atoms with E-state index in [2.05, 4.69) is 58.9 Å². The topological polar surface area (TPSA) is 29.9 Å². The van der Waals surface area contributed by atoms with Crippen LogP contribution in [-0.2, 0) is 20.0 Å². The van der Waals surface area contributed by atoms with Crippen LogP contribution in [0.1, 0.15) is 28.4 Å². The summed E-state index contributed by atoms with van der Waals surface area (Å²) in [6.45, 7) is 2.70. The molecule has 0 bridgehead atoms. The predicted octanol–water partition coefficient (Wildman–Crippen LogP) is 4.46. The van der Waals surface area contributed by atoms with Crippen LogP contribution in [0.4, 0.5) is 0 Å². The van der Waals surface area contributed by atoms with Gasteiger partial charge >= 0.3 is 0 Å². The Morgan fingerprint density at radius 3 is 2.25 bits per heavy atom. The van der Waals surface area contributed by atoms with Gasteiger partial charge in [0.1, 0.15) is 5.15 Å². The Hall–Kier alpha value is -2.10. The number of hydrogen-bond acceptors (Lipinski definition) is 2. The molecular weight excluding hydrogens is 318 g/mol. The fraction of sp³-hybridized carbons (Fsp3) is 0.250. The Morgan fingerprint density at radius 1 is 1.04 bits per heavy atom. The molecule has 1 atom stereocenters. The second-order valence-electron chi connectivity index (χ2n) is 6.01. The van der Waals surface area contributed by atoms with E-state index < -0.39 is 0 Å². The fourth-order valence-corrected chi connectivity index (χ4v) is 3.18. The zero-order valence-electron chi connectivity index (χ0n) is 14.0. The summed E-state index contributed by atoms with van der Waals surface area (Å²) in [5.74, 6) is 0. The summed E-state index contributed by atoms with van der Waals surface area (Å²) in [5, 5.41) is 8.75. The molecule has 0 saturated carbocycles. The number of nitrogens with zero attached hydrogens (tertiary/aromatic N) is 2. The molecule has 0 spiro atoms. The summed E-state index contributed by atoms with van der Waals surface area (Å²) in [6, 6.07) is 21.3. The smallest absolute Gasteiger partial charge is 0.131 e. The Bertz CT molecular complexity index is 781. The maximum Gasteiger partial charge on any atom is 0.131 e. The normalized spacial score (nSPS) is 12.3. The van der Waals surface area contributed by atoms with Crippen molar-refractivity contribution in [2.75, 3.05) is 0 Å². The molecule has 1 heterocycles. The number of nitrogens with one attached hydrogen (secondary N) is 1. The van der Waals surface area contributed by atoms with Crippen LogP contribution < -0.4 is 5.32 Å². The van der Waals surface area contributed by atoms with Gasteiger partial charge in [-0.2, -0.15) is 5.10 Å². The molecule has 3 rings (SSSR count). The van der Waals surface area contributed by atoms with Crippen molar-refractivity contribution in [3.05, 3.63) is 88.2 Å². The average molecular weight is 340 g/mol. The summed E-state index contributed by atoms with van der Waals surface area (Å²) < 4.78 is 1.72. The first kappa shape index (κ1) is 16.7. The van der Waals surface area contributed by atoms with Gasteiger partial charge in [-0.25, -0.2) is 0 Å². The molecule has 0 aliphatic carbocycles. The predicted molar refractivity (Wildman–Crippen MR) is 99.1 cm³/mol. The second-order valence-corrected chi connectivity index (χ2v) is 6.37. The first-order chi connectivity index (χ1) is 11.6. The molecule has 1 unspecified atom stereocenters. The third-order valence-corrected chi connectivity index (χ3v) is 4.75. The Morgan fingerprint density at radius 2 is 1.67 bits per heavy atom. The highest BCUT2D eigenvalue weighted by Gasteiger charge is 2.15. The molecular formula is C20H22ClN3. The summed E-state index contributed by atoms with van der Waals surface area (Å²) >= 11 is 6.36. The van der Waals surface area contributed by atoms with Gasteiger partial charge in [-0.3, -0.25) is 4.68 Å². The van der Waals surface area contributed by atoms with Gasteiger partial charge in [-0.1, -0.05) is 72.3 Å². The van der Waals surface area contributed by atoms with E-state index in [9.17, 15) is 0 Å². The third-order valence-electron chi connectivity index (χ3n) is 4.28. The van der Waals surface area contributed by atoms with Gasteiger partial charge in [0.2, 0.25) is 0 Å². The van der Waals surface area contributed by atoms with Crippen LogP contribution in [0.5, 0.6) is 0 Å². The summed E-state index contributed by atoms with van der Waals surface area (Å²) in [5.41, 5.74) is 4.63. The summed E-state index contributed by atoms with van der Waals surface area (Å²) in [4.78, 5) is 0. The number of aromatic nitrogens is 2. The van der Waals surface area contributed by atoms with E-state index in [0.717, 1.165) is 17.7 Å². The van der Waals surface area contributed by atoms with E-state index in [0.29, 0.717) is 11.7 Å². The van der Waals surface area contributed by atoms with Gasteiger partial charge in [0.25, 0.3) is 0 Å². The molecule has 0 saturated heterocycles. The first-order valence-electron chi connectivity index (χ1n) is 8.15. The maximum absolute atomic E-state index is 6.36. The van der Waals surface area contributed by atoms with Gasteiger partial charge in [0.05, 0.1) is 5.69 Å². The largest absolute Gasteiger partial charge is 0.305 e. The van der Waals surface area contributed by atoms with Crippen molar-refractivity contribution in [2.45, 2.75) is 25.9 Å². The van der Waals surface area contributed by atoms with Crippen molar-refractivity contribution < 1.29 is 0 Å². The quantitative estimate of drug-likeness (QED) is 0.718. The van der Waals surface area contributed by atoms with Gasteiger partial charge in [-0.15, -0.1) is 0 Å². The van der Waals surface area contributed by atoms with Crippen LogP contribution in [0, 0.1) is 6.92 Å². The zero-order chi connectivity index (χ0) is 16.9. The molecule has 0 radical (unpaired) electrons. The van der Waals surface area contributed by atoms with E-state index in [4.69, 9.17) is 11.6 Å². The van der Waals surface area contributed by atoms with Crippen molar-refractivity contribution in [2.24, 2.45) is 7.05 Å². The van der Waals surface area contributed by atoms with E-state index in [1.807, 2.05) is 26.1 Å². The Balaban J connectivity index is 1.80. The first-order valence-corrected chi connectivity index (χ1v) is 8.53. The minimum Gasteiger partial charge on any atom is -0.305 e. The lowest BCUT2D eigenvalue weighted by Gasteiger charge is -2.19. The number of hydrogen-bond donors (Lipinski definition) is 1. The average Bonchev–Trinajstić information content (AvgIpc) is 2.85. The van der Waals surface area contributed by atoms with Crippen molar-refractivity contribution >= 4 is 11.6 Å². The third kappa shape index (κ3) is 3.86. The van der Waals surface area contributed by atoms with E-state index in [-0.39, 0.29) is 6.04 Å². The van der Waals surface area contributed by atoms with E-state index in [1.54, 1.807) is 4.68 Å². The van der Waals surface area contributed by atoms with Crippen LogP contribution >= 0.6 is 11.6 Å². The maximum atomic E-state index is 6.36. The molecule has 0 amide bonds. The Labute approximate surface area is 148 Å². The molecule has 0 aliphatic rings. The molecule has 3 aromatic rings. The lowest BCUT2D eigenvalue weighted by Crippen LogP contribution is -2.23. The van der Waals surface area contributed by atoms with Gasteiger partial charge in [0.15, 0.2) is 0 Å². The molecule has 24 heavy (non-hydrogen) atoms. The molecule has 1 N–H and O–H groups in total. The second kappa shape index (κ2) is 7.65. The lowest BCUT2D eigenvalue weighted by molar-refractivity contribution is 0.529. The highest BCUT2D eigenvalue weighted by atomic mass is 35.5. The SMILES string of the molecule is Cc1nn(C)c(Cl)c1CNC(Cc1ccccc1)c1ccccc1.